The van der Waals surface area contributed by atoms with Crippen LogP contribution in [0.5, 0.6) is 5.75 Å². The highest BCUT2D eigenvalue weighted by molar-refractivity contribution is 8.93. The number of aryl methyl sites for hydroxylation is 1. The molecule has 5 nitrogen and oxygen atoms in total. The van der Waals surface area contributed by atoms with E-state index in [9.17, 15) is 0 Å². The number of anilines is 2. The average Bonchev–Trinajstić information content (AvgIpc) is 3.18. The largest absolute Gasteiger partial charge is 0.497 e. The Morgan fingerprint density at radius 2 is 1.88 bits per heavy atom. The van der Waals surface area contributed by atoms with Crippen molar-refractivity contribution in [3.05, 3.63) is 59.7 Å². The van der Waals surface area contributed by atoms with Crippen molar-refractivity contribution in [2.45, 2.75) is 6.92 Å². The van der Waals surface area contributed by atoms with E-state index in [-0.39, 0.29) is 17.0 Å². The Labute approximate surface area is 160 Å². The van der Waals surface area contributed by atoms with Crippen molar-refractivity contribution in [2.75, 3.05) is 12.4 Å². The van der Waals surface area contributed by atoms with Crippen LogP contribution in [0.3, 0.4) is 0 Å². The summed E-state index contributed by atoms with van der Waals surface area (Å²) in [6, 6.07) is 13.8. The van der Waals surface area contributed by atoms with Crippen molar-refractivity contribution in [1.29, 1.82) is 0 Å². The van der Waals surface area contributed by atoms with Gasteiger partial charge in [-0.05, 0) is 43.3 Å². The van der Waals surface area contributed by atoms with E-state index in [1.807, 2.05) is 55.6 Å². The maximum atomic E-state index is 5.18. The zero-order chi connectivity index (χ0) is 16.5. The standard InChI is InChI=1S/C18H16N4OS.BrH/c1-12-17(22-10-4-3-5-16(22)19-12)15-11-24-18(21-15)20-13-6-8-14(23-2)9-7-13;/h3-11H,1-2H3,(H,20,21);1H. The monoisotopic (exact) mass is 416 g/mol. The third kappa shape index (κ3) is 3.38. The topological polar surface area (TPSA) is 51.5 Å². The summed E-state index contributed by atoms with van der Waals surface area (Å²) in [5, 5.41) is 6.23. The highest BCUT2D eigenvalue weighted by Crippen LogP contribution is 2.30. The molecule has 0 radical (unpaired) electrons. The van der Waals surface area contributed by atoms with Crippen molar-refractivity contribution >= 4 is 44.8 Å². The van der Waals surface area contributed by atoms with Crippen LogP contribution in [0.1, 0.15) is 5.69 Å². The molecule has 7 heteroatoms. The predicted molar refractivity (Wildman–Crippen MR) is 108 cm³/mol. The highest BCUT2D eigenvalue weighted by atomic mass is 79.9. The van der Waals surface area contributed by atoms with Crippen molar-refractivity contribution in [1.82, 2.24) is 14.4 Å². The summed E-state index contributed by atoms with van der Waals surface area (Å²) in [4.78, 5) is 9.31. The molecule has 3 heterocycles. The molecular weight excluding hydrogens is 400 g/mol. The lowest BCUT2D eigenvalue weighted by molar-refractivity contribution is 0.415. The fourth-order valence-electron chi connectivity index (χ4n) is 2.66. The van der Waals surface area contributed by atoms with Gasteiger partial charge in [-0.3, -0.25) is 4.40 Å². The molecule has 0 saturated carbocycles. The fraction of sp³-hybridized carbons (Fsp3) is 0.111. The molecule has 0 atom stereocenters. The molecule has 1 N–H and O–H groups in total. The van der Waals surface area contributed by atoms with Gasteiger partial charge in [-0.2, -0.15) is 0 Å². The zero-order valence-corrected chi connectivity index (χ0v) is 16.3. The molecule has 1 aromatic carbocycles. The first kappa shape index (κ1) is 17.4. The number of fused-ring (bicyclic) bond motifs is 1. The number of thiazole rings is 1. The first-order chi connectivity index (χ1) is 11.7. The van der Waals surface area contributed by atoms with Crippen molar-refractivity contribution in [3.8, 4) is 17.1 Å². The normalized spacial score (nSPS) is 10.5. The van der Waals surface area contributed by atoms with E-state index in [0.717, 1.165) is 39.3 Å². The van der Waals surface area contributed by atoms with Gasteiger partial charge < -0.3 is 10.1 Å². The summed E-state index contributed by atoms with van der Waals surface area (Å²) < 4.78 is 7.25. The first-order valence-corrected chi connectivity index (χ1v) is 8.43. The molecule has 0 saturated heterocycles. The van der Waals surface area contributed by atoms with Gasteiger partial charge in [-0.25, -0.2) is 9.97 Å². The minimum Gasteiger partial charge on any atom is -0.497 e. The van der Waals surface area contributed by atoms with Crippen LogP contribution in [0.15, 0.2) is 54.0 Å². The predicted octanol–water partition coefficient (Wildman–Crippen LogP) is 5.10. The molecule has 0 spiro atoms. The summed E-state index contributed by atoms with van der Waals surface area (Å²) in [6.07, 6.45) is 2.01. The number of ether oxygens (including phenoxy) is 1. The second-order valence-electron chi connectivity index (χ2n) is 5.37. The summed E-state index contributed by atoms with van der Waals surface area (Å²) in [6.45, 7) is 2.01. The molecule has 0 unspecified atom stereocenters. The molecule has 4 rings (SSSR count). The maximum Gasteiger partial charge on any atom is 0.187 e. The lowest BCUT2D eigenvalue weighted by Crippen LogP contribution is -1.92. The molecule has 0 fully saturated rings. The average molecular weight is 417 g/mol. The fourth-order valence-corrected chi connectivity index (χ4v) is 3.38. The quantitative estimate of drug-likeness (QED) is 0.502. The number of rotatable bonds is 4. The number of hydrogen-bond donors (Lipinski definition) is 1. The Morgan fingerprint density at radius 3 is 2.64 bits per heavy atom. The van der Waals surface area contributed by atoms with E-state index < -0.39 is 0 Å². The first-order valence-electron chi connectivity index (χ1n) is 7.55. The number of halogens is 1. The van der Waals surface area contributed by atoms with Gasteiger partial charge in [0.2, 0.25) is 0 Å². The van der Waals surface area contributed by atoms with Gasteiger partial charge in [0.15, 0.2) is 5.13 Å². The Kier molecular flexibility index (Phi) is 5.06. The van der Waals surface area contributed by atoms with Crippen LogP contribution in [0.4, 0.5) is 10.8 Å². The van der Waals surface area contributed by atoms with Gasteiger partial charge in [-0.15, -0.1) is 28.3 Å². The molecule has 128 valence electrons. The van der Waals surface area contributed by atoms with Crippen molar-refractivity contribution < 1.29 is 4.74 Å². The van der Waals surface area contributed by atoms with Crippen LogP contribution in [0.2, 0.25) is 0 Å². The molecule has 0 aliphatic heterocycles. The van der Waals surface area contributed by atoms with Gasteiger partial charge >= 0.3 is 0 Å². The molecular formula is C18H17BrN4OS. The third-order valence-corrected chi connectivity index (χ3v) is 4.55. The number of hydrogen-bond acceptors (Lipinski definition) is 5. The zero-order valence-electron chi connectivity index (χ0n) is 13.8. The molecule has 0 amide bonds. The summed E-state index contributed by atoms with van der Waals surface area (Å²) in [5.41, 5.74) is 4.84. The van der Waals surface area contributed by atoms with Crippen LogP contribution >= 0.6 is 28.3 Å². The maximum absolute atomic E-state index is 5.18. The number of imidazole rings is 1. The minimum absolute atomic E-state index is 0. The number of benzene rings is 1. The van der Waals surface area contributed by atoms with Crippen molar-refractivity contribution in [2.24, 2.45) is 0 Å². The Morgan fingerprint density at radius 1 is 1.08 bits per heavy atom. The van der Waals surface area contributed by atoms with Gasteiger partial charge in [0.05, 0.1) is 18.5 Å². The van der Waals surface area contributed by atoms with Crippen LogP contribution in [0, 0.1) is 6.92 Å². The van der Waals surface area contributed by atoms with Crippen LogP contribution in [-0.4, -0.2) is 21.5 Å². The Hall–Kier alpha value is -2.38. The summed E-state index contributed by atoms with van der Waals surface area (Å²) >= 11 is 1.58. The molecule has 25 heavy (non-hydrogen) atoms. The lowest BCUT2D eigenvalue weighted by atomic mass is 10.3. The number of pyridine rings is 1. The number of nitrogens with one attached hydrogen (secondary N) is 1. The number of nitrogens with zero attached hydrogens (tertiary/aromatic N) is 3. The summed E-state index contributed by atoms with van der Waals surface area (Å²) in [5.74, 6) is 0.835. The lowest BCUT2D eigenvalue weighted by Gasteiger charge is -2.04. The SMILES string of the molecule is Br.COc1ccc(Nc2nc(-c3c(C)nc4ccccn34)cs2)cc1. The third-order valence-electron chi connectivity index (χ3n) is 3.79. The number of aromatic nitrogens is 3. The molecule has 0 aliphatic carbocycles. The van der Waals surface area contributed by atoms with E-state index >= 15 is 0 Å². The molecule has 3 aromatic heterocycles. The second-order valence-corrected chi connectivity index (χ2v) is 6.22. The minimum atomic E-state index is 0. The molecule has 0 aliphatic rings. The Bertz CT molecular complexity index is 994. The molecule has 4 aromatic rings. The molecule has 0 bridgehead atoms. The van der Waals surface area contributed by atoms with E-state index in [1.165, 1.54) is 0 Å². The smallest absolute Gasteiger partial charge is 0.187 e. The van der Waals surface area contributed by atoms with Crippen LogP contribution < -0.4 is 10.1 Å². The van der Waals surface area contributed by atoms with Crippen LogP contribution in [0.25, 0.3) is 17.0 Å². The van der Waals surface area contributed by atoms with Gasteiger partial charge in [0.25, 0.3) is 0 Å². The van der Waals surface area contributed by atoms with E-state index in [4.69, 9.17) is 9.72 Å². The van der Waals surface area contributed by atoms with Crippen LogP contribution in [-0.2, 0) is 0 Å². The van der Waals surface area contributed by atoms with Crippen molar-refractivity contribution in [3.63, 3.8) is 0 Å². The Balaban J connectivity index is 0.00000182. The van der Waals surface area contributed by atoms with Gasteiger partial charge in [0.1, 0.15) is 17.1 Å². The van der Waals surface area contributed by atoms with Gasteiger partial charge in [-0.1, -0.05) is 6.07 Å². The second kappa shape index (κ2) is 7.25. The summed E-state index contributed by atoms with van der Waals surface area (Å²) in [7, 11) is 1.66. The highest BCUT2D eigenvalue weighted by Gasteiger charge is 2.13. The van der Waals surface area contributed by atoms with E-state index in [2.05, 4.69) is 20.1 Å². The van der Waals surface area contributed by atoms with Gasteiger partial charge in [0, 0.05) is 17.3 Å². The van der Waals surface area contributed by atoms with E-state index in [0.29, 0.717) is 0 Å². The van der Waals surface area contributed by atoms with E-state index in [1.54, 1.807) is 18.4 Å². The number of methoxy groups -OCH3 is 1.